The summed E-state index contributed by atoms with van der Waals surface area (Å²) in [4.78, 5) is 0. The summed E-state index contributed by atoms with van der Waals surface area (Å²) in [5.41, 5.74) is 1.77. The number of hydrogen-bond donors (Lipinski definition) is 1. The first-order chi connectivity index (χ1) is 6.70. The Morgan fingerprint density at radius 1 is 1.50 bits per heavy atom. The van der Waals surface area contributed by atoms with Crippen molar-refractivity contribution in [1.29, 1.82) is 0 Å². The van der Waals surface area contributed by atoms with Gasteiger partial charge >= 0.3 is 0 Å². The van der Waals surface area contributed by atoms with Crippen LogP contribution in [-0.4, -0.2) is 10.9 Å². The lowest BCUT2D eigenvalue weighted by molar-refractivity contribution is 0.175. The molecule has 1 nitrogen and oxygen atoms in total. The van der Waals surface area contributed by atoms with Crippen molar-refractivity contribution in [3.05, 3.63) is 33.5 Å². The Morgan fingerprint density at radius 3 is 3.07 bits per heavy atom. The van der Waals surface area contributed by atoms with Gasteiger partial charge in [0.2, 0.25) is 0 Å². The van der Waals surface area contributed by atoms with Gasteiger partial charge in [0, 0.05) is 5.75 Å². The molecular formula is C10H10BrFOS. The zero-order valence-electron chi connectivity index (χ0n) is 7.46. The molecule has 14 heavy (non-hydrogen) atoms. The van der Waals surface area contributed by atoms with Gasteiger partial charge in [0.1, 0.15) is 5.82 Å². The second-order valence-electron chi connectivity index (χ2n) is 3.29. The number of thioether (sulfide) groups is 1. The van der Waals surface area contributed by atoms with Gasteiger partial charge in [0.25, 0.3) is 0 Å². The highest BCUT2D eigenvalue weighted by atomic mass is 79.9. The van der Waals surface area contributed by atoms with Crippen LogP contribution in [-0.2, 0) is 5.75 Å². The smallest absolute Gasteiger partial charge is 0.137 e. The second-order valence-corrected chi connectivity index (χ2v) is 5.18. The molecule has 0 fully saturated rings. The zero-order valence-corrected chi connectivity index (χ0v) is 9.87. The lowest BCUT2D eigenvalue weighted by atomic mass is 10.0. The summed E-state index contributed by atoms with van der Waals surface area (Å²) in [7, 11) is 0. The summed E-state index contributed by atoms with van der Waals surface area (Å²) < 4.78 is 13.7. The first-order valence-corrected chi connectivity index (χ1v) is 6.37. The van der Waals surface area contributed by atoms with Crippen LogP contribution < -0.4 is 0 Å². The summed E-state index contributed by atoms with van der Waals surface area (Å²) in [6, 6.07) is 3.09. The fourth-order valence-electron chi connectivity index (χ4n) is 1.59. The molecule has 1 aromatic carbocycles. The average molecular weight is 277 g/mol. The number of rotatable bonds is 0. The molecule has 1 aliphatic heterocycles. The fraction of sp³-hybridized carbons (Fsp3) is 0.400. The molecule has 0 saturated heterocycles. The maximum atomic E-state index is 13.2. The highest BCUT2D eigenvalue weighted by molar-refractivity contribution is 9.10. The molecule has 0 aromatic heterocycles. The van der Waals surface area contributed by atoms with E-state index in [9.17, 15) is 9.50 Å². The summed E-state index contributed by atoms with van der Waals surface area (Å²) in [6.07, 6.45) is 0.298. The third-order valence-electron chi connectivity index (χ3n) is 2.37. The van der Waals surface area contributed by atoms with Crippen LogP contribution in [0, 0.1) is 5.82 Å². The molecule has 1 N–H and O–H groups in total. The molecule has 0 radical (unpaired) electrons. The maximum absolute atomic E-state index is 13.2. The van der Waals surface area contributed by atoms with E-state index in [1.165, 1.54) is 6.07 Å². The molecule has 0 aliphatic carbocycles. The standard InChI is InChI=1S/C10H10BrFOS/c11-10-7-5-14-4-3-9(13)6(7)1-2-8(10)12/h1-2,9,13H,3-5H2/t9-/m0/s1. The molecule has 1 atom stereocenters. The molecule has 0 unspecified atom stereocenters. The average Bonchev–Trinajstić information content (AvgIpc) is 2.35. The van der Waals surface area contributed by atoms with E-state index in [2.05, 4.69) is 15.9 Å². The van der Waals surface area contributed by atoms with Crippen LogP contribution in [0.25, 0.3) is 0 Å². The van der Waals surface area contributed by atoms with Crippen LogP contribution in [0.15, 0.2) is 16.6 Å². The predicted octanol–water partition coefficient (Wildman–Crippen LogP) is 3.26. The summed E-state index contributed by atoms with van der Waals surface area (Å²) in [6.45, 7) is 0. The van der Waals surface area contributed by atoms with Crippen LogP contribution in [0.2, 0.25) is 0 Å². The van der Waals surface area contributed by atoms with E-state index in [1.807, 2.05) is 0 Å². The van der Waals surface area contributed by atoms with Crippen molar-refractivity contribution >= 4 is 27.7 Å². The third kappa shape index (κ3) is 1.83. The molecule has 0 spiro atoms. The Bertz CT molecular complexity index is 356. The van der Waals surface area contributed by atoms with Crippen molar-refractivity contribution in [1.82, 2.24) is 0 Å². The Balaban J connectivity index is 2.53. The van der Waals surface area contributed by atoms with E-state index in [0.29, 0.717) is 4.47 Å². The van der Waals surface area contributed by atoms with Gasteiger partial charge < -0.3 is 5.11 Å². The molecule has 0 saturated carbocycles. The highest BCUT2D eigenvalue weighted by Crippen LogP contribution is 2.35. The Hall–Kier alpha value is -0.0600. The number of halogens is 2. The molecule has 0 bridgehead atoms. The number of aliphatic hydroxyl groups excluding tert-OH is 1. The number of aliphatic hydroxyl groups is 1. The van der Waals surface area contributed by atoms with Gasteiger partial charge in [0.15, 0.2) is 0 Å². The summed E-state index contributed by atoms with van der Waals surface area (Å²) in [5.74, 6) is 1.44. The van der Waals surface area contributed by atoms with Crippen LogP contribution in [0.1, 0.15) is 23.7 Å². The highest BCUT2D eigenvalue weighted by Gasteiger charge is 2.20. The Morgan fingerprint density at radius 2 is 2.29 bits per heavy atom. The maximum Gasteiger partial charge on any atom is 0.137 e. The molecule has 76 valence electrons. The molecule has 1 aliphatic rings. The molecule has 2 rings (SSSR count). The van der Waals surface area contributed by atoms with Crippen molar-refractivity contribution in [2.75, 3.05) is 5.75 Å². The lowest BCUT2D eigenvalue weighted by Crippen LogP contribution is -2.01. The van der Waals surface area contributed by atoms with E-state index in [0.717, 1.165) is 29.1 Å². The fourth-order valence-corrected chi connectivity index (χ4v) is 3.33. The minimum Gasteiger partial charge on any atom is -0.388 e. The van der Waals surface area contributed by atoms with E-state index < -0.39 is 6.10 Å². The Labute approximate surface area is 94.8 Å². The molecule has 0 amide bonds. The van der Waals surface area contributed by atoms with Crippen LogP contribution in [0.5, 0.6) is 0 Å². The van der Waals surface area contributed by atoms with E-state index >= 15 is 0 Å². The van der Waals surface area contributed by atoms with Crippen molar-refractivity contribution in [2.45, 2.75) is 18.3 Å². The first kappa shape index (κ1) is 10.5. The van der Waals surface area contributed by atoms with Crippen molar-refractivity contribution < 1.29 is 9.50 Å². The second kappa shape index (κ2) is 4.21. The summed E-state index contributed by atoms with van der Waals surface area (Å²) >= 11 is 4.96. The third-order valence-corrected chi connectivity index (χ3v) is 4.25. The number of hydrogen-bond acceptors (Lipinski definition) is 2. The largest absolute Gasteiger partial charge is 0.388 e. The number of benzene rings is 1. The van der Waals surface area contributed by atoms with E-state index in [-0.39, 0.29) is 5.82 Å². The molecule has 1 aromatic rings. The molecule has 4 heteroatoms. The van der Waals surface area contributed by atoms with Gasteiger partial charge in [-0.2, -0.15) is 11.8 Å². The minimum atomic E-state index is -0.447. The molecule has 1 heterocycles. The Kier molecular flexibility index (Phi) is 3.14. The van der Waals surface area contributed by atoms with Crippen LogP contribution in [0.4, 0.5) is 4.39 Å². The van der Waals surface area contributed by atoms with Crippen molar-refractivity contribution in [3.63, 3.8) is 0 Å². The van der Waals surface area contributed by atoms with Gasteiger partial charge in [-0.05, 0) is 45.3 Å². The SMILES string of the molecule is O[C@H]1CCSCc2c1ccc(F)c2Br. The molecular weight excluding hydrogens is 267 g/mol. The quantitative estimate of drug-likeness (QED) is 0.785. The first-order valence-electron chi connectivity index (χ1n) is 4.42. The van der Waals surface area contributed by atoms with Crippen molar-refractivity contribution in [2.24, 2.45) is 0 Å². The van der Waals surface area contributed by atoms with Crippen molar-refractivity contribution in [3.8, 4) is 0 Å². The minimum absolute atomic E-state index is 0.251. The van der Waals surface area contributed by atoms with E-state index in [4.69, 9.17) is 0 Å². The van der Waals surface area contributed by atoms with Gasteiger partial charge in [-0.1, -0.05) is 6.07 Å². The predicted molar refractivity (Wildman–Crippen MR) is 59.8 cm³/mol. The topological polar surface area (TPSA) is 20.2 Å². The van der Waals surface area contributed by atoms with Gasteiger partial charge in [-0.15, -0.1) is 0 Å². The van der Waals surface area contributed by atoms with Gasteiger partial charge in [-0.25, -0.2) is 4.39 Å². The zero-order chi connectivity index (χ0) is 10.1. The van der Waals surface area contributed by atoms with Crippen LogP contribution >= 0.6 is 27.7 Å². The lowest BCUT2D eigenvalue weighted by Gasteiger charge is -2.12. The van der Waals surface area contributed by atoms with Gasteiger partial charge in [-0.3, -0.25) is 0 Å². The number of fused-ring (bicyclic) bond motifs is 1. The normalized spacial score (nSPS) is 21.5. The van der Waals surface area contributed by atoms with Crippen LogP contribution in [0.3, 0.4) is 0 Å². The monoisotopic (exact) mass is 276 g/mol. The van der Waals surface area contributed by atoms with Gasteiger partial charge in [0.05, 0.1) is 10.6 Å². The van der Waals surface area contributed by atoms with E-state index in [1.54, 1.807) is 17.8 Å². The summed E-state index contributed by atoms with van der Waals surface area (Å²) in [5, 5.41) is 9.80.